The van der Waals surface area contributed by atoms with Crippen LogP contribution in [-0.2, 0) is 0 Å². The topological polar surface area (TPSA) is 77.1 Å². The number of hydrogen-bond acceptors (Lipinski definition) is 5. The van der Waals surface area contributed by atoms with Crippen molar-refractivity contribution in [2.75, 3.05) is 12.0 Å². The molecule has 166 valence electrons. The third-order valence-electron chi connectivity index (χ3n) is 6.77. The molecule has 6 heteroatoms. The maximum Gasteiger partial charge on any atom is 0.185 e. The second-order valence-corrected chi connectivity index (χ2v) is 8.87. The highest BCUT2D eigenvalue weighted by Gasteiger charge is 2.63. The Morgan fingerprint density at radius 2 is 1.74 bits per heavy atom. The first-order valence-electron chi connectivity index (χ1n) is 10.9. The summed E-state index contributed by atoms with van der Waals surface area (Å²) in [6.45, 7) is 0. The molecule has 5 rings (SSSR count). The van der Waals surface area contributed by atoms with Crippen molar-refractivity contribution in [1.82, 2.24) is 0 Å². The molecule has 3 aromatic rings. The van der Waals surface area contributed by atoms with Crippen molar-refractivity contribution in [2.45, 2.75) is 18.0 Å². The Bertz CT molecular complexity index is 1360. The number of ketones is 1. The van der Waals surface area contributed by atoms with E-state index in [2.05, 4.69) is 12.1 Å². The molecule has 1 saturated heterocycles. The summed E-state index contributed by atoms with van der Waals surface area (Å²) in [6.07, 6.45) is 3.73. The zero-order valence-corrected chi connectivity index (χ0v) is 19.1. The van der Waals surface area contributed by atoms with Crippen LogP contribution in [0.25, 0.3) is 6.08 Å². The lowest BCUT2D eigenvalue weighted by atomic mass is 9.69. The Balaban J connectivity index is 1.76. The maximum atomic E-state index is 14.1. The summed E-state index contributed by atoms with van der Waals surface area (Å²) >= 11 is 6.24. The van der Waals surface area contributed by atoms with E-state index in [0.717, 1.165) is 16.8 Å². The average molecular weight is 466 g/mol. The van der Waals surface area contributed by atoms with E-state index in [0.29, 0.717) is 16.3 Å². The van der Waals surface area contributed by atoms with Gasteiger partial charge in [-0.1, -0.05) is 54.1 Å². The quantitative estimate of drug-likeness (QED) is 0.466. The molecule has 2 heterocycles. The lowest BCUT2D eigenvalue weighted by Gasteiger charge is -2.35. The smallest absolute Gasteiger partial charge is 0.185 e. The second kappa shape index (κ2) is 8.37. The van der Waals surface area contributed by atoms with Crippen molar-refractivity contribution in [3.05, 3.63) is 101 Å². The van der Waals surface area contributed by atoms with Gasteiger partial charge in [-0.25, -0.2) is 0 Å². The van der Waals surface area contributed by atoms with Crippen molar-refractivity contribution < 1.29 is 9.53 Å². The van der Waals surface area contributed by atoms with Crippen molar-refractivity contribution in [2.24, 2.45) is 5.41 Å². The largest absolute Gasteiger partial charge is 0.497 e. The van der Waals surface area contributed by atoms with E-state index in [1.165, 1.54) is 0 Å². The first-order chi connectivity index (χ1) is 16.5. The Labute approximate surface area is 203 Å². The number of benzene rings is 3. The number of hydrogen-bond donors (Lipinski definition) is 0. The summed E-state index contributed by atoms with van der Waals surface area (Å²) in [5.74, 6) is -0.190. The summed E-state index contributed by atoms with van der Waals surface area (Å²) in [4.78, 5) is 16.1. The number of methoxy groups -OCH3 is 1. The van der Waals surface area contributed by atoms with Crippen molar-refractivity contribution in [1.29, 1.82) is 10.5 Å². The molecule has 5 nitrogen and oxygen atoms in total. The molecule has 0 bridgehead atoms. The van der Waals surface area contributed by atoms with Crippen LogP contribution in [0.1, 0.15) is 27.4 Å². The maximum absolute atomic E-state index is 14.1. The molecular formula is C28H20ClN3O2. The van der Waals surface area contributed by atoms with Gasteiger partial charge in [-0.2, -0.15) is 10.5 Å². The predicted molar refractivity (Wildman–Crippen MR) is 131 cm³/mol. The van der Waals surface area contributed by atoms with Crippen LogP contribution in [0, 0.1) is 28.1 Å². The standard InChI is InChI=1S/C28H20ClN3O2/c1-34-22-11-7-19(8-12-22)27(33)26-25(18-5-3-2-4-6-18)28(16-30,17-31)24-14-9-20-15-21(29)10-13-23(20)32(24)26/h2-15,24-26H,1H3. The molecule has 3 aromatic carbocycles. The fraction of sp³-hybridized carbons (Fsp3) is 0.179. The fourth-order valence-electron chi connectivity index (χ4n) is 5.22. The van der Waals surface area contributed by atoms with E-state index in [1.54, 1.807) is 37.4 Å². The van der Waals surface area contributed by atoms with Gasteiger partial charge in [-0.15, -0.1) is 0 Å². The Morgan fingerprint density at radius 3 is 2.38 bits per heavy atom. The molecule has 3 atom stereocenters. The van der Waals surface area contributed by atoms with E-state index in [4.69, 9.17) is 16.3 Å². The summed E-state index contributed by atoms with van der Waals surface area (Å²) < 4.78 is 5.25. The SMILES string of the molecule is COc1ccc(C(=O)C2C(c3ccccc3)C(C#N)(C#N)C3C=Cc4cc(Cl)ccc4N23)cc1. The monoisotopic (exact) mass is 465 g/mol. The van der Waals surface area contributed by atoms with Crippen molar-refractivity contribution in [3.8, 4) is 17.9 Å². The molecule has 2 aliphatic heterocycles. The minimum Gasteiger partial charge on any atom is -0.497 e. The number of carbonyl (C=O) groups is 1. The number of nitriles is 2. The van der Waals surface area contributed by atoms with E-state index < -0.39 is 23.4 Å². The minimum absolute atomic E-state index is 0.162. The van der Waals surface area contributed by atoms with Crippen LogP contribution < -0.4 is 9.64 Å². The van der Waals surface area contributed by atoms with Gasteiger partial charge in [0.15, 0.2) is 11.2 Å². The molecule has 0 amide bonds. The number of ether oxygens (including phenoxy) is 1. The highest BCUT2D eigenvalue weighted by molar-refractivity contribution is 6.30. The van der Waals surface area contributed by atoms with Gasteiger partial charge >= 0.3 is 0 Å². The van der Waals surface area contributed by atoms with Crippen LogP contribution in [0.2, 0.25) is 5.02 Å². The average Bonchev–Trinajstić information content (AvgIpc) is 3.19. The minimum atomic E-state index is -1.47. The number of Topliss-reactive ketones (excluding diaryl/α,β-unsaturated/α-hetero) is 1. The molecule has 0 aliphatic carbocycles. The molecule has 0 spiro atoms. The zero-order valence-electron chi connectivity index (χ0n) is 18.4. The van der Waals surface area contributed by atoms with Gasteiger partial charge < -0.3 is 9.64 Å². The van der Waals surface area contributed by atoms with Gasteiger partial charge in [-0.3, -0.25) is 4.79 Å². The molecule has 1 fully saturated rings. The first-order valence-corrected chi connectivity index (χ1v) is 11.2. The highest BCUT2D eigenvalue weighted by atomic mass is 35.5. The predicted octanol–water partition coefficient (Wildman–Crippen LogP) is 5.63. The number of fused-ring (bicyclic) bond motifs is 3. The van der Waals surface area contributed by atoms with Gasteiger partial charge in [0, 0.05) is 22.2 Å². The lowest BCUT2D eigenvalue weighted by Crippen LogP contribution is -2.44. The third-order valence-corrected chi connectivity index (χ3v) is 7.00. The summed E-state index contributed by atoms with van der Waals surface area (Å²) in [5.41, 5.74) is 1.41. The van der Waals surface area contributed by atoms with Gasteiger partial charge in [0.1, 0.15) is 11.8 Å². The van der Waals surface area contributed by atoms with Crippen LogP contribution in [0.15, 0.2) is 78.9 Å². The second-order valence-electron chi connectivity index (χ2n) is 8.43. The number of anilines is 1. The van der Waals surface area contributed by atoms with Crippen molar-refractivity contribution >= 4 is 29.1 Å². The summed E-state index contributed by atoms with van der Waals surface area (Å²) in [5, 5.41) is 21.4. The van der Waals surface area contributed by atoms with Gasteiger partial charge in [0.05, 0.1) is 25.3 Å². The Morgan fingerprint density at radius 1 is 1.03 bits per heavy atom. The summed E-state index contributed by atoms with van der Waals surface area (Å²) in [6, 6.07) is 25.0. The fourth-order valence-corrected chi connectivity index (χ4v) is 5.41. The zero-order chi connectivity index (χ0) is 23.9. The molecule has 0 saturated carbocycles. The van der Waals surface area contributed by atoms with Gasteiger partial charge in [0.2, 0.25) is 0 Å². The van der Waals surface area contributed by atoms with Crippen LogP contribution in [0.4, 0.5) is 5.69 Å². The summed E-state index contributed by atoms with van der Waals surface area (Å²) in [7, 11) is 1.57. The Kier molecular flexibility index (Phi) is 5.36. The van der Waals surface area contributed by atoms with Gasteiger partial charge in [-0.05, 0) is 53.6 Å². The van der Waals surface area contributed by atoms with E-state index in [-0.39, 0.29) is 5.78 Å². The first kappa shape index (κ1) is 21.8. The lowest BCUT2D eigenvalue weighted by molar-refractivity contribution is 0.0951. The van der Waals surface area contributed by atoms with E-state index in [9.17, 15) is 15.3 Å². The third kappa shape index (κ3) is 3.17. The van der Waals surface area contributed by atoms with E-state index >= 15 is 0 Å². The molecule has 0 N–H and O–H groups in total. The van der Waals surface area contributed by atoms with Gasteiger partial charge in [0.25, 0.3) is 0 Å². The molecule has 0 radical (unpaired) electrons. The molecule has 3 unspecified atom stereocenters. The normalized spacial score (nSPS) is 21.6. The van der Waals surface area contributed by atoms with Crippen LogP contribution in [-0.4, -0.2) is 25.0 Å². The molecular weight excluding hydrogens is 446 g/mol. The number of nitrogens with zero attached hydrogens (tertiary/aromatic N) is 3. The molecule has 0 aromatic heterocycles. The highest BCUT2D eigenvalue weighted by Crippen LogP contribution is 2.55. The molecule has 34 heavy (non-hydrogen) atoms. The van der Waals surface area contributed by atoms with Crippen LogP contribution >= 0.6 is 11.6 Å². The number of halogens is 1. The van der Waals surface area contributed by atoms with Crippen LogP contribution in [0.5, 0.6) is 5.75 Å². The molecule has 2 aliphatic rings. The van der Waals surface area contributed by atoms with Crippen LogP contribution in [0.3, 0.4) is 0 Å². The Hall–Kier alpha value is -4.06. The van der Waals surface area contributed by atoms with E-state index in [1.807, 2.05) is 59.5 Å². The van der Waals surface area contributed by atoms with Crippen molar-refractivity contribution in [3.63, 3.8) is 0 Å². The number of rotatable bonds is 4. The number of carbonyl (C=O) groups excluding carboxylic acids is 1.